The van der Waals surface area contributed by atoms with Crippen LogP contribution in [0.15, 0.2) is 24.4 Å². The van der Waals surface area contributed by atoms with E-state index in [1.54, 1.807) is 6.20 Å². The number of nitrogens with zero attached hydrogens (tertiary/aromatic N) is 5. The van der Waals surface area contributed by atoms with Crippen molar-refractivity contribution in [3.05, 3.63) is 47.2 Å². The van der Waals surface area contributed by atoms with Gasteiger partial charge in [0.05, 0.1) is 6.42 Å². The van der Waals surface area contributed by atoms with Crippen molar-refractivity contribution in [3.8, 4) is 0 Å². The van der Waals surface area contributed by atoms with Crippen LogP contribution in [0.4, 0.5) is 5.82 Å². The molecule has 0 bridgehead atoms. The third kappa shape index (κ3) is 4.31. The second-order valence-corrected chi connectivity index (χ2v) is 9.09. The van der Waals surface area contributed by atoms with Crippen molar-refractivity contribution < 1.29 is 9.59 Å². The second-order valence-electron chi connectivity index (χ2n) is 9.09. The number of carbonyl (C=O) groups is 2. The largest absolute Gasteiger partial charge is 0.342 e. The Labute approximate surface area is 182 Å². The predicted octanol–water partition coefficient (Wildman–Crippen LogP) is 2.82. The molecular weight excluding hydrogens is 390 g/mol. The maximum Gasteiger partial charge on any atom is 0.228 e. The minimum absolute atomic E-state index is 0.101. The first-order valence-electron chi connectivity index (χ1n) is 11.4. The molecular formula is C24H29N5O2. The van der Waals surface area contributed by atoms with Crippen molar-refractivity contribution in [2.75, 3.05) is 24.5 Å². The molecule has 2 aromatic heterocycles. The highest BCUT2D eigenvalue weighted by Crippen LogP contribution is 2.36. The van der Waals surface area contributed by atoms with Crippen molar-refractivity contribution >= 4 is 17.6 Å². The van der Waals surface area contributed by atoms with Gasteiger partial charge in [-0.15, -0.1) is 0 Å². The van der Waals surface area contributed by atoms with Crippen LogP contribution >= 0.6 is 0 Å². The van der Waals surface area contributed by atoms with Gasteiger partial charge in [-0.25, -0.2) is 9.97 Å². The molecule has 2 amide bonds. The SMILES string of the molecule is Cc1nc([C@H]2CCCN(C(=O)Cc3ccccn3)C2)nc2c1CCC(=O)N2CC1CC1. The fourth-order valence-corrected chi connectivity index (χ4v) is 4.72. The van der Waals surface area contributed by atoms with Gasteiger partial charge >= 0.3 is 0 Å². The molecule has 4 heterocycles. The number of fused-ring (bicyclic) bond motifs is 1. The van der Waals surface area contributed by atoms with E-state index in [2.05, 4.69) is 4.98 Å². The quantitative estimate of drug-likeness (QED) is 0.745. The van der Waals surface area contributed by atoms with Crippen LogP contribution < -0.4 is 4.90 Å². The molecule has 7 nitrogen and oxygen atoms in total. The van der Waals surface area contributed by atoms with Crippen molar-refractivity contribution in [2.45, 2.75) is 57.8 Å². The summed E-state index contributed by atoms with van der Waals surface area (Å²) in [5, 5.41) is 0. The van der Waals surface area contributed by atoms with E-state index in [-0.39, 0.29) is 17.7 Å². The number of carbonyl (C=O) groups excluding carboxylic acids is 2. The van der Waals surface area contributed by atoms with Crippen LogP contribution in [-0.4, -0.2) is 51.3 Å². The molecule has 0 N–H and O–H groups in total. The lowest BCUT2D eigenvalue weighted by molar-refractivity contribution is -0.131. The Bertz CT molecular complexity index is 989. The minimum Gasteiger partial charge on any atom is -0.342 e. The molecule has 0 spiro atoms. The summed E-state index contributed by atoms with van der Waals surface area (Å²) in [5.74, 6) is 2.60. The number of anilines is 1. The van der Waals surface area contributed by atoms with Gasteiger partial charge in [0.1, 0.15) is 11.6 Å². The van der Waals surface area contributed by atoms with Gasteiger partial charge in [0.15, 0.2) is 0 Å². The van der Waals surface area contributed by atoms with Gasteiger partial charge in [-0.1, -0.05) is 6.07 Å². The van der Waals surface area contributed by atoms with E-state index in [9.17, 15) is 9.59 Å². The first-order chi connectivity index (χ1) is 15.1. The highest BCUT2D eigenvalue weighted by molar-refractivity contribution is 5.95. The van der Waals surface area contributed by atoms with E-state index < -0.39 is 0 Å². The molecule has 2 aromatic rings. The van der Waals surface area contributed by atoms with Crippen LogP contribution in [0.25, 0.3) is 0 Å². The van der Waals surface area contributed by atoms with Gasteiger partial charge in [-0.3, -0.25) is 19.5 Å². The molecule has 3 aliphatic rings. The Morgan fingerprint density at radius 1 is 1.16 bits per heavy atom. The zero-order valence-electron chi connectivity index (χ0n) is 18.1. The van der Waals surface area contributed by atoms with Gasteiger partial charge in [0, 0.05) is 55.1 Å². The van der Waals surface area contributed by atoms with Crippen LogP contribution in [0.5, 0.6) is 0 Å². The highest BCUT2D eigenvalue weighted by Gasteiger charge is 2.34. The zero-order chi connectivity index (χ0) is 21.4. The summed E-state index contributed by atoms with van der Waals surface area (Å²) < 4.78 is 0. The number of likely N-dealkylation sites (tertiary alicyclic amines) is 1. The number of amides is 2. The van der Waals surface area contributed by atoms with E-state index in [0.29, 0.717) is 25.3 Å². The molecule has 0 aromatic carbocycles. The third-order valence-electron chi connectivity index (χ3n) is 6.69. The van der Waals surface area contributed by atoms with Crippen LogP contribution in [0.3, 0.4) is 0 Å². The molecule has 0 unspecified atom stereocenters. The predicted molar refractivity (Wildman–Crippen MR) is 117 cm³/mol. The maximum absolute atomic E-state index is 12.9. The van der Waals surface area contributed by atoms with E-state index in [0.717, 1.165) is 60.9 Å². The number of piperidine rings is 1. The zero-order valence-corrected chi connectivity index (χ0v) is 18.1. The summed E-state index contributed by atoms with van der Waals surface area (Å²) >= 11 is 0. The second kappa shape index (κ2) is 8.36. The Morgan fingerprint density at radius 2 is 2.03 bits per heavy atom. The molecule has 1 atom stereocenters. The topological polar surface area (TPSA) is 79.3 Å². The maximum atomic E-state index is 12.9. The van der Waals surface area contributed by atoms with E-state index in [4.69, 9.17) is 9.97 Å². The molecule has 0 radical (unpaired) electrons. The van der Waals surface area contributed by atoms with Gasteiger partial charge in [-0.2, -0.15) is 0 Å². The summed E-state index contributed by atoms with van der Waals surface area (Å²) in [7, 11) is 0. The number of aromatic nitrogens is 3. The molecule has 1 aliphatic carbocycles. The molecule has 2 fully saturated rings. The number of rotatable bonds is 5. The van der Waals surface area contributed by atoms with E-state index in [1.807, 2.05) is 34.9 Å². The van der Waals surface area contributed by atoms with Crippen molar-refractivity contribution in [2.24, 2.45) is 5.92 Å². The number of aryl methyl sites for hydroxylation is 1. The fourth-order valence-electron chi connectivity index (χ4n) is 4.72. The third-order valence-corrected chi connectivity index (χ3v) is 6.69. The lowest BCUT2D eigenvalue weighted by Crippen LogP contribution is -2.41. The molecule has 1 saturated carbocycles. The molecule has 2 aliphatic heterocycles. The monoisotopic (exact) mass is 419 g/mol. The van der Waals surface area contributed by atoms with Crippen molar-refractivity contribution in [1.82, 2.24) is 19.9 Å². The van der Waals surface area contributed by atoms with Crippen molar-refractivity contribution in [3.63, 3.8) is 0 Å². The number of pyridine rings is 1. The molecule has 5 rings (SSSR count). The number of hydrogen-bond acceptors (Lipinski definition) is 5. The van der Waals surface area contributed by atoms with Gasteiger partial charge < -0.3 is 4.90 Å². The van der Waals surface area contributed by atoms with Crippen LogP contribution in [-0.2, 0) is 22.4 Å². The summed E-state index contributed by atoms with van der Waals surface area (Å²) in [6.07, 6.45) is 7.60. The Morgan fingerprint density at radius 3 is 2.81 bits per heavy atom. The summed E-state index contributed by atoms with van der Waals surface area (Å²) in [4.78, 5) is 43.4. The highest BCUT2D eigenvalue weighted by atomic mass is 16.2. The van der Waals surface area contributed by atoms with Gasteiger partial charge in [-0.05, 0) is 57.1 Å². The smallest absolute Gasteiger partial charge is 0.228 e. The molecule has 162 valence electrons. The van der Waals surface area contributed by atoms with Crippen LogP contribution in [0.1, 0.15) is 60.8 Å². The fraction of sp³-hybridized carbons (Fsp3) is 0.542. The first kappa shape index (κ1) is 20.1. The van der Waals surface area contributed by atoms with Crippen LogP contribution in [0.2, 0.25) is 0 Å². The average Bonchev–Trinajstić information content (AvgIpc) is 3.61. The Balaban J connectivity index is 1.36. The summed E-state index contributed by atoms with van der Waals surface area (Å²) in [6.45, 7) is 4.20. The van der Waals surface area contributed by atoms with Crippen molar-refractivity contribution in [1.29, 1.82) is 0 Å². The van der Waals surface area contributed by atoms with Gasteiger partial charge in [0.25, 0.3) is 0 Å². The van der Waals surface area contributed by atoms with Gasteiger partial charge in [0.2, 0.25) is 11.8 Å². The average molecular weight is 420 g/mol. The Kier molecular flexibility index (Phi) is 5.42. The standard InChI is InChI=1S/C24H29N5O2/c1-16-20-9-10-21(30)29(14-17-7-8-17)24(20)27-23(26-16)18-5-4-12-28(15-18)22(31)13-19-6-2-3-11-25-19/h2-3,6,11,17-18H,4-5,7-10,12-15H2,1H3/t18-/m0/s1. The summed E-state index contributed by atoms with van der Waals surface area (Å²) in [6, 6.07) is 5.66. The number of hydrogen-bond donors (Lipinski definition) is 0. The van der Waals surface area contributed by atoms with E-state index >= 15 is 0 Å². The van der Waals surface area contributed by atoms with E-state index in [1.165, 1.54) is 12.8 Å². The van der Waals surface area contributed by atoms with Crippen LogP contribution in [0, 0.1) is 12.8 Å². The molecule has 31 heavy (non-hydrogen) atoms. The Hall–Kier alpha value is -2.83. The summed E-state index contributed by atoms with van der Waals surface area (Å²) in [5.41, 5.74) is 2.89. The first-order valence-corrected chi connectivity index (χ1v) is 11.4. The normalized spacial score (nSPS) is 21.2. The lowest BCUT2D eigenvalue weighted by Gasteiger charge is -2.34. The molecule has 1 saturated heterocycles. The molecule has 7 heteroatoms. The minimum atomic E-state index is 0.101. The lowest BCUT2D eigenvalue weighted by atomic mass is 9.95.